The van der Waals surface area contributed by atoms with E-state index in [0.29, 0.717) is 28.5 Å². The Hall–Kier alpha value is -4.13. The molecule has 0 saturated carbocycles. The van der Waals surface area contributed by atoms with E-state index in [9.17, 15) is 9.59 Å². The Labute approximate surface area is 160 Å². The van der Waals surface area contributed by atoms with Gasteiger partial charge in [-0.25, -0.2) is 4.98 Å². The van der Waals surface area contributed by atoms with Crippen LogP contribution >= 0.6 is 0 Å². The van der Waals surface area contributed by atoms with Crippen LogP contribution in [-0.2, 0) is 0 Å². The van der Waals surface area contributed by atoms with Crippen molar-refractivity contribution in [3.8, 4) is 22.8 Å². The molecule has 0 spiro atoms. The minimum Gasteiger partial charge on any atom is -0.436 e. The number of aromatic nitrogens is 2. The number of amides is 2. The van der Waals surface area contributed by atoms with Crippen LogP contribution in [0.4, 0.5) is 0 Å². The van der Waals surface area contributed by atoms with E-state index in [1.807, 2.05) is 30.3 Å². The van der Waals surface area contributed by atoms with Gasteiger partial charge in [0.05, 0.1) is 11.8 Å². The van der Waals surface area contributed by atoms with Crippen LogP contribution in [0.15, 0.2) is 83.5 Å². The second kappa shape index (κ2) is 7.63. The predicted octanol–water partition coefficient (Wildman–Crippen LogP) is 3.41. The lowest BCUT2D eigenvalue weighted by molar-refractivity contribution is 0.0844. The van der Waals surface area contributed by atoms with Gasteiger partial charge in [-0.15, -0.1) is 0 Å². The number of nitrogens with zero attached hydrogens (tertiary/aromatic N) is 1. The maximum Gasteiger partial charge on any atom is 0.286 e. The van der Waals surface area contributed by atoms with Crippen LogP contribution in [0.2, 0.25) is 0 Å². The minimum absolute atomic E-state index is 0.320. The van der Waals surface area contributed by atoms with E-state index >= 15 is 0 Å². The molecule has 2 heterocycles. The van der Waals surface area contributed by atoms with E-state index in [1.54, 1.807) is 48.8 Å². The van der Waals surface area contributed by atoms with Crippen LogP contribution in [-0.4, -0.2) is 21.8 Å². The highest BCUT2D eigenvalue weighted by molar-refractivity contribution is 6.02. The minimum atomic E-state index is -0.477. The fourth-order valence-corrected chi connectivity index (χ4v) is 2.72. The maximum absolute atomic E-state index is 12.6. The van der Waals surface area contributed by atoms with Gasteiger partial charge in [0.1, 0.15) is 5.69 Å². The van der Waals surface area contributed by atoms with Crippen LogP contribution in [0.1, 0.15) is 20.8 Å². The molecule has 0 radical (unpaired) electrons. The molecule has 2 aromatic carbocycles. The number of carbonyl (C=O) groups excluding carboxylic acids is 2. The standard InChI is InChI=1S/C21H16N4O3/c26-19(24-25-20(27)17-11-6-12-22-17)15-9-4-5-10-16(15)21-23-13-18(28-21)14-7-2-1-3-8-14/h1-13,22H,(H,24,26)(H,25,27). The number of carbonyl (C=O) groups is 2. The summed E-state index contributed by atoms with van der Waals surface area (Å²) in [7, 11) is 0. The number of benzene rings is 2. The van der Waals surface area contributed by atoms with Crippen molar-refractivity contribution in [2.24, 2.45) is 0 Å². The highest BCUT2D eigenvalue weighted by Crippen LogP contribution is 2.28. The first-order chi connectivity index (χ1) is 13.7. The number of rotatable bonds is 4. The Balaban J connectivity index is 1.55. The monoisotopic (exact) mass is 372 g/mol. The van der Waals surface area contributed by atoms with Gasteiger partial charge >= 0.3 is 0 Å². The van der Waals surface area contributed by atoms with Gasteiger partial charge in [-0.05, 0) is 24.3 Å². The molecule has 0 fully saturated rings. The molecule has 0 unspecified atom stereocenters. The SMILES string of the molecule is O=C(NNC(=O)c1ccccc1-c1ncc(-c2ccccc2)o1)c1ccc[nH]1. The zero-order chi connectivity index (χ0) is 19.3. The molecule has 4 aromatic rings. The summed E-state index contributed by atoms with van der Waals surface area (Å²) in [5, 5.41) is 0. The molecule has 0 atom stereocenters. The molecule has 0 aliphatic heterocycles. The van der Waals surface area contributed by atoms with Crippen LogP contribution in [0.25, 0.3) is 22.8 Å². The molecule has 7 nitrogen and oxygen atoms in total. The summed E-state index contributed by atoms with van der Waals surface area (Å²) in [6.07, 6.45) is 3.24. The van der Waals surface area contributed by atoms with Crippen molar-refractivity contribution in [1.82, 2.24) is 20.8 Å². The van der Waals surface area contributed by atoms with E-state index in [1.165, 1.54) is 0 Å². The zero-order valence-electron chi connectivity index (χ0n) is 14.7. The Morgan fingerprint density at radius 1 is 0.857 bits per heavy atom. The highest BCUT2D eigenvalue weighted by Gasteiger charge is 2.17. The summed E-state index contributed by atoms with van der Waals surface area (Å²) in [6.45, 7) is 0. The molecule has 2 amide bonds. The van der Waals surface area contributed by atoms with Crippen LogP contribution in [0, 0.1) is 0 Å². The molecule has 4 rings (SSSR count). The summed E-state index contributed by atoms with van der Waals surface area (Å²) >= 11 is 0. The Bertz CT molecular complexity index is 1100. The topological polar surface area (TPSA) is 100 Å². The van der Waals surface area contributed by atoms with E-state index in [2.05, 4.69) is 20.8 Å². The fourth-order valence-electron chi connectivity index (χ4n) is 2.72. The van der Waals surface area contributed by atoms with Gasteiger partial charge in [-0.1, -0.05) is 42.5 Å². The molecule has 0 aliphatic carbocycles. The van der Waals surface area contributed by atoms with Crippen LogP contribution in [0.5, 0.6) is 0 Å². The first kappa shape index (κ1) is 17.3. The predicted molar refractivity (Wildman–Crippen MR) is 103 cm³/mol. The van der Waals surface area contributed by atoms with Gasteiger partial charge in [0.2, 0.25) is 5.89 Å². The largest absolute Gasteiger partial charge is 0.436 e. The van der Waals surface area contributed by atoms with Crippen molar-refractivity contribution >= 4 is 11.8 Å². The van der Waals surface area contributed by atoms with Gasteiger partial charge in [-0.2, -0.15) is 0 Å². The Morgan fingerprint density at radius 3 is 2.39 bits per heavy atom. The molecule has 0 aliphatic rings. The Kier molecular flexibility index (Phi) is 4.71. The average Bonchev–Trinajstić information content (AvgIpc) is 3.45. The quantitative estimate of drug-likeness (QED) is 0.478. The molecule has 138 valence electrons. The number of hydrazine groups is 1. The summed E-state index contributed by atoms with van der Waals surface area (Å²) in [4.78, 5) is 31.6. The fraction of sp³-hybridized carbons (Fsp3) is 0. The van der Waals surface area contributed by atoms with Gasteiger partial charge in [0, 0.05) is 17.3 Å². The molecule has 7 heteroatoms. The lowest BCUT2D eigenvalue weighted by Gasteiger charge is -2.09. The van der Waals surface area contributed by atoms with Crippen LogP contribution in [0.3, 0.4) is 0 Å². The molecule has 28 heavy (non-hydrogen) atoms. The molecular weight excluding hydrogens is 356 g/mol. The third kappa shape index (κ3) is 3.54. The highest BCUT2D eigenvalue weighted by atomic mass is 16.4. The second-order valence-electron chi connectivity index (χ2n) is 5.93. The summed E-state index contributed by atoms with van der Waals surface area (Å²) in [5.74, 6) is -0.000516. The lowest BCUT2D eigenvalue weighted by atomic mass is 10.1. The summed E-state index contributed by atoms with van der Waals surface area (Å²) in [6, 6.07) is 19.8. The van der Waals surface area contributed by atoms with Crippen molar-refractivity contribution in [3.63, 3.8) is 0 Å². The van der Waals surface area contributed by atoms with Crippen LogP contribution < -0.4 is 10.9 Å². The number of oxazole rings is 1. The zero-order valence-corrected chi connectivity index (χ0v) is 14.7. The first-order valence-electron chi connectivity index (χ1n) is 8.57. The first-order valence-corrected chi connectivity index (χ1v) is 8.57. The molecule has 2 aromatic heterocycles. The van der Waals surface area contributed by atoms with Crippen molar-refractivity contribution in [1.29, 1.82) is 0 Å². The molecular formula is C21H16N4O3. The van der Waals surface area contributed by atoms with E-state index in [-0.39, 0.29) is 0 Å². The van der Waals surface area contributed by atoms with E-state index in [0.717, 1.165) is 5.56 Å². The molecule has 0 bridgehead atoms. The smallest absolute Gasteiger partial charge is 0.286 e. The number of aromatic amines is 1. The van der Waals surface area contributed by atoms with Gasteiger partial charge < -0.3 is 9.40 Å². The summed E-state index contributed by atoms with van der Waals surface area (Å²) in [5.41, 5.74) is 6.87. The van der Waals surface area contributed by atoms with E-state index in [4.69, 9.17) is 4.42 Å². The van der Waals surface area contributed by atoms with Gasteiger partial charge in [0.15, 0.2) is 5.76 Å². The van der Waals surface area contributed by atoms with Crippen molar-refractivity contribution in [2.45, 2.75) is 0 Å². The third-order valence-corrected chi connectivity index (χ3v) is 4.10. The van der Waals surface area contributed by atoms with E-state index < -0.39 is 11.8 Å². The number of hydrogen-bond donors (Lipinski definition) is 3. The van der Waals surface area contributed by atoms with Crippen molar-refractivity contribution in [3.05, 3.63) is 90.4 Å². The van der Waals surface area contributed by atoms with Crippen molar-refractivity contribution in [2.75, 3.05) is 0 Å². The number of nitrogens with one attached hydrogen (secondary N) is 3. The van der Waals surface area contributed by atoms with Crippen molar-refractivity contribution < 1.29 is 14.0 Å². The maximum atomic E-state index is 12.6. The normalized spacial score (nSPS) is 10.4. The second-order valence-corrected chi connectivity index (χ2v) is 5.93. The molecule has 0 saturated heterocycles. The summed E-state index contributed by atoms with van der Waals surface area (Å²) < 4.78 is 5.85. The van der Waals surface area contributed by atoms with Gasteiger partial charge in [0.25, 0.3) is 11.8 Å². The Morgan fingerprint density at radius 2 is 1.61 bits per heavy atom. The number of H-pyrrole nitrogens is 1. The average molecular weight is 372 g/mol. The van der Waals surface area contributed by atoms with Gasteiger partial charge in [-0.3, -0.25) is 20.4 Å². The lowest BCUT2D eigenvalue weighted by Crippen LogP contribution is -2.41. The third-order valence-electron chi connectivity index (χ3n) is 4.10. The molecule has 3 N–H and O–H groups in total. The number of hydrogen-bond acceptors (Lipinski definition) is 4.